The number of amides is 1. The molecule has 1 unspecified atom stereocenters. The molecule has 1 saturated heterocycles. The monoisotopic (exact) mass is 357 g/mol. The van der Waals surface area contributed by atoms with Crippen LogP contribution in [0.2, 0.25) is 0 Å². The van der Waals surface area contributed by atoms with Gasteiger partial charge in [0.1, 0.15) is 5.82 Å². The van der Waals surface area contributed by atoms with Crippen LogP contribution in [0.1, 0.15) is 29.2 Å². The van der Waals surface area contributed by atoms with Crippen molar-refractivity contribution in [2.45, 2.75) is 26.3 Å². The van der Waals surface area contributed by atoms with Crippen LogP contribution >= 0.6 is 0 Å². The Morgan fingerprint density at radius 2 is 2.15 bits per heavy atom. The Morgan fingerprint density at radius 3 is 2.92 bits per heavy atom. The first-order valence-corrected chi connectivity index (χ1v) is 9.02. The maximum absolute atomic E-state index is 12.2. The summed E-state index contributed by atoms with van der Waals surface area (Å²) in [5.74, 6) is 1.21. The van der Waals surface area contributed by atoms with Gasteiger partial charge in [-0.2, -0.15) is 4.99 Å². The van der Waals surface area contributed by atoms with E-state index in [-0.39, 0.29) is 11.9 Å². The number of nitrogens with one attached hydrogen (secondary N) is 2. The lowest BCUT2D eigenvalue weighted by Gasteiger charge is -2.27. The van der Waals surface area contributed by atoms with E-state index >= 15 is 0 Å². The van der Waals surface area contributed by atoms with E-state index < -0.39 is 0 Å². The molecule has 2 aliphatic rings. The van der Waals surface area contributed by atoms with Crippen molar-refractivity contribution in [3.05, 3.63) is 46.8 Å². The van der Waals surface area contributed by atoms with Crippen LogP contribution in [0.25, 0.3) is 0 Å². The van der Waals surface area contributed by atoms with Gasteiger partial charge < -0.3 is 26.0 Å². The molecule has 1 aromatic rings. The van der Waals surface area contributed by atoms with Gasteiger partial charge in [-0.3, -0.25) is 4.79 Å². The highest BCUT2D eigenvalue weighted by atomic mass is 16.5. The predicted octanol–water partition coefficient (Wildman–Crippen LogP) is 0.942. The molecular weight excluding hydrogens is 330 g/mol. The molecule has 1 aromatic carbocycles. The first-order valence-electron chi connectivity index (χ1n) is 9.02. The molecule has 7 nitrogen and oxygen atoms in total. The minimum atomic E-state index is -0.0372. The Labute approximate surface area is 154 Å². The van der Waals surface area contributed by atoms with E-state index in [4.69, 9.17) is 10.5 Å². The molecule has 3 rings (SSSR count). The summed E-state index contributed by atoms with van der Waals surface area (Å²) >= 11 is 0. The summed E-state index contributed by atoms with van der Waals surface area (Å²) in [5, 5.41) is 6.43. The third kappa shape index (κ3) is 4.35. The van der Waals surface area contributed by atoms with Gasteiger partial charge in [-0.25, -0.2) is 0 Å². The quantitative estimate of drug-likeness (QED) is 0.729. The first-order chi connectivity index (χ1) is 12.5. The Kier molecular flexibility index (Phi) is 5.78. The van der Waals surface area contributed by atoms with Crippen LogP contribution in [0.5, 0.6) is 0 Å². The van der Waals surface area contributed by atoms with E-state index in [9.17, 15) is 4.79 Å². The van der Waals surface area contributed by atoms with Crippen LogP contribution in [0.4, 0.5) is 0 Å². The number of benzene rings is 1. The number of ether oxygens (including phenoxy) is 1. The van der Waals surface area contributed by atoms with Crippen LogP contribution in [-0.4, -0.2) is 49.6 Å². The fourth-order valence-corrected chi connectivity index (χ4v) is 3.20. The number of hydrogen-bond acceptors (Lipinski definition) is 6. The maximum Gasteiger partial charge on any atom is 0.224 e. The van der Waals surface area contributed by atoms with E-state index in [2.05, 4.69) is 41.6 Å². The smallest absolute Gasteiger partial charge is 0.224 e. The summed E-state index contributed by atoms with van der Waals surface area (Å²) < 4.78 is 5.28. The number of carbonyl (C=O) groups excluding carboxylic acids is 1. The lowest BCUT2D eigenvalue weighted by molar-refractivity contribution is -0.135. The largest absolute Gasteiger partial charge is 0.378 e. The molecule has 0 spiro atoms. The van der Waals surface area contributed by atoms with Gasteiger partial charge >= 0.3 is 0 Å². The summed E-state index contributed by atoms with van der Waals surface area (Å²) in [6, 6.07) is 6.20. The lowest BCUT2D eigenvalue weighted by Crippen LogP contribution is -2.42. The normalized spacial score (nSPS) is 20.1. The fourth-order valence-electron chi connectivity index (χ4n) is 3.20. The van der Waals surface area contributed by atoms with Crippen molar-refractivity contribution in [2.24, 2.45) is 10.7 Å². The topological polar surface area (TPSA) is 92.0 Å². The average molecular weight is 357 g/mol. The van der Waals surface area contributed by atoms with Gasteiger partial charge in [-0.05, 0) is 36.6 Å². The van der Waals surface area contributed by atoms with Gasteiger partial charge in [-0.15, -0.1) is 0 Å². The third-order valence-electron chi connectivity index (χ3n) is 4.86. The zero-order chi connectivity index (χ0) is 18.5. The van der Waals surface area contributed by atoms with Crippen molar-refractivity contribution in [1.82, 2.24) is 15.5 Å². The number of nitrogens with zero attached hydrogens (tertiary/aromatic N) is 2. The second-order valence-corrected chi connectivity index (χ2v) is 6.63. The highest BCUT2D eigenvalue weighted by Gasteiger charge is 2.19. The maximum atomic E-state index is 12.2. The van der Waals surface area contributed by atoms with Gasteiger partial charge in [0.2, 0.25) is 5.91 Å². The van der Waals surface area contributed by atoms with Crippen LogP contribution in [0, 0.1) is 13.8 Å². The lowest BCUT2D eigenvalue weighted by atomic mass is 9.97. The number of carbonyl (C=O) groups is 1. The number of nitrogens with two attached hydrogens (primary N) is 1. The molecule has 0 radical (unpaired) electrons. The van der Waals surface area contributed by atoms with Gasteiger partial charge in [0.15, 0.2) is 5.96 Å². The van der Waals surface area contributed by atoms with Crippen LogP contribution < -0.4 is 16.4 Å². The zero-order valence-corrected chi connectivity index (χ0v) is 15.4. The summed E-state index contributed by atoms with van der Waals surface area (Å²) in [5.41, 5.74) is 9.61. The molecule has 0 aromatic heterocycles. The Morgan fingerprint density at radius 1 is 1.38 bits per heavy atom. The second kappa shape index (κ2) is 8.23. The van der Waals surface area contributed by atoms with E-state index in [1.807, 2.05) is 17.0 Å². The van der Waals surface area contributed by atoms with Gasteiger partial charge in [0.05, 0.1) is 19.3 Å². The molecule has 4 N–H and O–H groups in total. The Bertz CT molecular complexity index is 723. The minimum absolute atomic E-state index is 0.0372. The molecule has 0 saturated carbocycles. The highest BCUT2D eigenvalue weighted by Crippen LogP contribution is 2.24. The Balaban J connectivity index is 1.60. The molecule has 26 heavy (non-hydrogen) atoms. The zero-order valence-electron chi connectivity index (χ0n) is 15.4. The van der Waals surface area contributed by atoms with Crippen LogP contribution in [0.15, 0.2) is 35.1 Å². The molecule has 140 valence electrons. The van der Waals surface area contributed by atoms with Gasteiger partial charge in [-0.1, -0.05) is 18.2 Å². The molecule has 0 aliphatic carbocycles. The van der Waals surface area contributed by atoms with E-state index in [0.717, 1.165) is 0 Å². The van der Waals surface area contributed by atoms with Crippen LogP contribution in [0.3, 0.4) is 0 Å². The summed E-state index contributed by atoms with van der Waals surface area (Å²) in [6.45, 7) is 7.31. The number of rotatable bonds is 5. The molecule has 2 aliphatic heterocycles. The SMILES string of the molecule is Cc1cccc(C2C=C(NCCC(=O)N3CCOCC3)N=C(N)N2)c1C. The molecule has 7 heteroatoms. The highest BCUT2D eigenvalue weighted by molar-refractivity contribution is 5.81. The van der Waals surface area contributed by atoms with Crippen molar-refractivity contribution in [1.29, 1.82) is 0 Å². The van der Waals surface area contributed by atoms with E-state index in [1.54, 1.807) is 0 Å². The molecular formula is C19H27N5O2. The first kappa shape index (κ1) is 18.3. The number of aryl methyl sites for hydroxylation is 1. The Hall–Kier alpha value is -2.54. The van der Waals surface area contributed by atoms with Crippen molar-refractivity contribution >= 4 is 11.9 Å². The number of aliphatic imine (C=N–C) groups is 1. The van der Waals surface area contributed by atoms with Gasteiger partial charge in [0.25, 0.3) is 0 Å². The summed E-state index contributed by atoms with van der Waals surface area (Å²) in [4.78, 5) is 18.4. The van der Waals surface area contributed by atoms with Crippen molar-refractivity contribution in [3.8, 4) is 0 Å². The van der Waals surface area contributed by atoms with E-state index in [0.29, 0.717) is 51.0 Å². The molecule has 1 amide bonds. The van der Waals surface area contributed by atoms with Crippen molar-refractivity contribution in [2.75, 3.05) is 32.8 Å². The number of guanidine groups is 1. The van der Waals surface area contributed by atoms with Crippen molar-refractivity contribution in [3.63, 3.8) is 0 Å². The van der Waals surface area contributed by atoms with E-state index in [1.165, 1.54) is 16.7 Å². The van der Waals surface area contributed by atoms with Crippen LogP contribution in [-0.2, 0) is 9.53 Å². The van der Waals surface area contributed by atoms with Gasteiger partial charge in [0, 0.05) is 26.1 Å². The standard InChI is InChI=1S/C19H27N5O2/c1-13-4-3-5-15(14(13)2)16-12-17(23-19(20)22-16)21-7-6-18(25)24-8-10-26-11-9-24/h3-5,12,16,21H,6-11H2,1-2H3,(H3,20,22,23). The molecule has 0 bridgehead atoms. The summed E-state index contributed by atoms with van der Waals surface area (Å²) in [6.07, 6.45) is 2.44. The number of hydrogen-bond donors (Lipinski definition) is 3. The summed E-state index contributed by atoms with van der Waals surface area (Å²) in [7, 11) is 0. The third-order valence-corrected chi connectivity index (χ3v) is 4.86. The molecule has 1 fully saturated rings. The second-order valence-electron chi connectivity index (χ2n) is 6.63. The number of morpholine rings is 1. The predicted molar refractivity (Wildman–Crippen MR) is 102 cm³/mol. The molecule has 1 atom stereocenters. The fraction of sp³-hybridized carbons (Fsp3) is 0.474. The van der Waals surface area contributed by atoms with Crippen molar-refractivity contribution < 1.29 is 9.53 Å². The molecule has 2 heterocycles. The average Bonchev–Trinajstić information content (AvgIpc) is 2.64. The minimum Gasteiger partial charge on any atom is -0.378 e.